The smallest absolute Gasteiger partial charge is 0.328 e. The zero-order chi connectivity index (χ0) is 31.8. The number of primary amides is 1. The summed E-state index contributed by atoms with van der Waals surface area (Å²) in [6.07, 6.45) is 16.4. The summed E-state index contributed by atoms with van der Waals surface area (Å²) in [6, 6.07) is 8.38. The van der Waals surface area contributed by atoms with Crippen LogP contribution in [0.3, 0.4) is 0 Å². The fourth-order valence-corrected chi connectivity index (χ4v) is 5.02. The van der Waals surface area contributed by atoms with Gasteiger partial charge in [0.15, 0.2) is 0 Å². The molecule has 10 nitrogen and oxygen atoms in total. The summed E-state index contributed by atoms with van der Waals surface area (Å²) in [6.45, 7) is 2.39. The van der Waals surface area contributed by atoms with Crippen LogP contribution in [0.25, 0.3) is 0 Å². The van der Waals surface area contributed by atoms with Crippen LogP contribution in [-0.2, 0) is 41.7 Å². The van der Waals surface area contributed by atoms with E-state index < -0.39 is 30.0 Å². The molecular weight excluding hydrogens is 560 g/mol. The highest BCUT2D eigenvalue weighted by molar-refractivity contribution is 5.85. The van der Waals surface area contributed by atoms with E-state index in [4.69, 9.17) is 15.2 Å². The number of carbonyl (C=O) groups excluding carboxylic acids is 4. The molecule has 1 heterocycles. The van der Waals surface area contributed by atoms with Gasteiger partial charge in [-0.25, -0.2) is 9.78 Å². The lowest BCUT2D eigenvalue weighted by Gasteiger charge is -2.22. The van der Waals surface area contributed by atoms with Crippen LogP contribution in [0.4, 0.5) is 0 Å². The number of benzene rings is 1. The van der Waals surface area contributed by atoms with Gasteiger partial charge < -0.3 is 25.5 Å². The molecule has 2 rings (SSSR count). The second-order valence-electron chi connectivity index (χ2n) is 11.5. The number of nitrogens with zero attached hydrogens (tertiary/aromatic N) is 1. The topological polar surface area (TPSA) is 153 Å². The molecular formula is C34H52N4O6. The second kappa shape index (κ2) is 22.8. The van der Waals surface area contributed by atoms with Gasteiger partial charge in [0.25, 0.3) is 0 Å². The predicted octanol–water partition coefficient (Wildman–Crippen LogP) is 5.84. The van der Waals surface area contributed by atoms with Crippen LogP contribution in [0, 0.1) is 0 Å². The van der Waals surface area contributed by atoms with Gasteiger partial charge in [-0.1, -0.05) is 101 Å². The maximum atomic E-state index is 13.2. The van der Waals surface area contributed by atoms with Crippen LogP contribution < -0.4 is 11.1 Å². The lowest BCUT2D eigenvalue weighted by Crippen LogP contribution is -2.44. The predicted molar refractivity (Wildman–Crippen MR) is 169 cm³/mol. The normalized spacial score (nSPS) is 12.3. The quantitative estimate of drug-likeness (QED) is 0.0940. The number of ether oxygens (including phenoxy) is 2. The first-order valence-electron chi connectivity index (χ1n) is 16.3. The van der Waals surface area contributed by atoms with Crippen molar-refractivity contribution in [2.75, 3.05) is 0 Å². The van der Waals surface area contributed by atoms with Crippen molar-refractivity contribution in [3.8, 4) is 0 Å². The number of amides is 2. The van der Waals surface area contributed by atoms with Gasteiger partial charge in [-0.05, 0) is 31.2 Å². The van der Waals surface area contributed by atoms with E-state index in [2.05, 4.69) is 22.2 Å². The summed E-state index contributed by atoms with van der Waals surface area (Å²) in [5.41, 5.74) is 6.93. The van der Waals surface area contributed by atoms with Crippen molar-refractivity contribution in [1.29, 1.82) is 0 Å². The highest BCUT2D eigenvalue weighted by Gasteiger charge is 2.26. The molecule has 0 spiro atoms. The van der Waals surface area contributed by atoms with Crippen LogP contribution in [0.1, 0.15) is 121 Å². The fraction of sp³-hybridized carbons (Fsp3) is 0.618. The molecule has 10 heteroatoms. The lowest BCUT2D eigenvalue weighted by atomic mass is 10.0. The van der Waals surface area contributed by atoms with Crippen LogP contribution in [0.2, 0.25) is 0 Å². The number of aromatic amines is 1. The minimum atomic E-state index is -0.986. The average molecular weight is 613 g/mol. The average Bonchev–Trinajstić information content (AvgIpc) is 3.51. The first-order valence-corrected chi connectivity index (χ1v) is 16.3. The van der Waals surface area contributed by atoms with Gasteiger partial charge in [-0.2, -0.15) is 0 Å². The van der Waals surface area contributed by atoms with E-state index in [0.29, 0.717) is 18.5 Å². The summed E-state index contributed by atoms with van der Waals surface area (Å²) < 4.78 is 11.1. The zero-order valence-corrected chi connectivity index (χ0v) is 26.4. The van der Waals surface area contributed by atoms with Crippen molar-refractivity contribution in [2.45, 2.75) is 135 Å². The van der Waals surface area contributed by atoms with Crippen LogP contribution >= 0.6 is 0 Å². The van der Waals surface area contributed by atoms with Crippen LogP contribution in [0.5, 0.6) is 0 Å². The highest BCUT2D eigenvalue weighted by atomic mass is 16.5. The summed E-state index contributed by atoms with van der Waals surface area (Å²) in [7, 11) is 0. The summed E-state index contributed by atoms with van der Waals surface area (Å²) in [5, 5.41) is 2.73. The molecule has 4 N–H and O–H groups in total. The standard InChI is InChI=1S/C34H52N4O6/c1-2-3-4-5-6-7-8-9-10-11-15-19-29(23-31(35)39)44-34(42)30(38-32(40)22-28-24-36-26-37-28)20-16-21-33(41)43-25-27-17-13-12-14-18-27/h12-14,17-18,24,26,29-30H,2-11,15-16,19-23,25H2,1H3,(H2,35,39)(H,36,37)(H,38,40)/t29-,30-/m0/s1. The van der Waals surface area contributed by atoms with Crippen LogP contribution in [0.15, 0.2) is 42.9 Å². The second-order valence-corrected chi connectivity index (χ2v) is 11.5. The maximum Gasteiger partial charge on any atom is 0.328 e. The maximum absolute atomic E-state index is 13.2. The Balaban J connectivity index is 1.82. The van der Waals surface area contributed by atoms with E-state index in [-0.39, 0.29) is 38.2 Å². The van der Waals surface area contributed by atoms with Crippen molar-refractivity contribution in [3.05, 3.63) is 54.1 Å². The molecule has 0 radical (unpaired) electrons. The molecule has 0 saturated heterocycles. The first-order chi connectivity index (χ1) is 21.4. The number of imidazole rings is 1. The summed E-state index contributed by atoms with van der Waals surface area (Å²) in [5.74, 6) is -1.98. The summed E-state index contributed by atoms with van der Waals surface area (Å²) >= 11 is 0. The number of rotatable bonds is 25. The Bertz CT molecular complexity index is 1080. The number of esters is 2. The van der Waals surface area contributed by atoms with Crippen molar-refractivity contribution < 1.29 is 28.7 Å². The third-order valence-electron chi connectivity index (χ3n) is 7.48. The van der Waals surface area contributed by atoms with Gasteiger partial charge in [0.1, 0.15) is 18.8 Å². The van der Waals surface area contributed by atoms with E-state index in [9.17, 15) is 19.2 Å². The monoisotopic (exact) mass is 612 g/mol. The van der Waals surface area contributed by atoms with Gasteiger partial charge in [0.2, 0.25) is 11.8 Å². The van der Waals surface area contributed by atoms with Gasteiger partial charge in [-0.15, -0.1) is 0 Å². The molecule has 1 aromatic carbocycles. The SMILES string of the molecule is CCCCCCCCCCCCC[C@@H](CC(N)=O)OC(=O)[C@H](CCCC(=O)OCc1ccccc1)NC(=O)Cc1cnc[nH]1. The Kier molecular flexibility index (Phi) is 18.9. The van der Waals surface area contributed by atoms with Crippen molar-refractivity contribution in [2.24, 2.45) is 5.73 Å². The molecule has 2 aromatic rings. The molecule has 0 aliphatic heterocycles. The summed E-state index contributed by atoms with van der Waals surface area (Å²) in [4.78, 5) is 56.7. The zero-order valence-electron chi connectivity index (χ0n) is 26.4. The van der Waals surface area contributed by atoms with Crippen molar-refractivity contribution in [3.63, 3.8) is 0 Å². The van der Waals surface area contributed by atoms with E-state index in [1.807, 2.05) is 30.3 Å². The van der Waals surface area contributed by atoms with Crippen molar-refractivity contribution in [1.82, 2.24) is 15.3 Å². The molecule has 0 unspecified atom stereocenters. The fourth-order valence-electron chi connectivity index (χ4n) is 5.02. The number of H-pyrrole nitrogens is 1. The van der Waals surface area contributed by atoms with Gasteiger partial charge in [0, 0.05) is 18.3 Å². The number of hydrogen-bond donors (Lipinski definition) is 3. The molecule has 0 saturated carbocycles. The number of carbonyl (C=O) groups is 4. The number of hydrogen-bond acceptors (Lipinski definition) is 7. The van der Waals surface area contributed by atoms with Crippen LogP contribution in [-0.4, -0.2) is 45.9 Å². The Morgan fingerprint density at radius 2 is 1.55 bits per heavy atom. The lowest BCUT2D eigenvalue weighted by molar-refractivity contribution is -0.155. The Labute approximate surface area is 262 Å². The first kappa shape index (κ1) is 36.5. The molecule has 44 heavy (non-hydrogen) atoms. The van der Waals surface area contributed by atoms with E-state index >= 15 is 0 Å². The number of aromatic nitrogens is 2. The Morgan fingerprint density at radius 3 is 2.16 bits per heavy atom. The minimum Gasteiger partial charge on any atom is -0.461 e. The van der Waals surface area contributed by atoms with Crippen molar-refractivity contribution >= 4 is 23.8 Å². The number of nitrogens with two attached hydrogens (primary N) is 1. The largest absolute Gasteiger partial charge is 0.461 e. The van der Waals surface area contributed by atoms with E-state index in [1.54, 1.807) is 0 Å². The molecule has 0 aliphatic carbocycles. The van der Waals surface area contributed by atoms with E-state index in [0.717, 1.165) is 24.8 Å². The molecule has 0 fully saturated rings. The molecule has 0 aliphatic rings. The third-order valence-corrected chi connectivity index (χ3v) is 7.48. The minimum absolute atomic E-state index is 0.00630. The molecule has 2 atom stereocenters. The molecule has 1 aromatic heterocycles. The number of unbranched alkanes of at least 4 members (excludes halogenated alkanes) is 10. The number of nitrogens with one attached hydrogen (secondary N) is 2. The Hall–Kier alpha value is -3.69. The highest BCUT2D eigenvalue weighted by Crippen LogP contribution is 2.16. The molecule has 0 bridgehead atoms. The third kappa shape index (κ3) is 17.4. The van der Waals surface area contributed by atoms with Gasteiger partial charge in [0.05, 0.1) is 19.2 Å². The van der Waals surface area contributed by atoms with Gasteiger partial charge >= 0.3 is 11.9 Å². The van der Waals surface area contributed by atoms with Gasteiger partial charge in [-0.3, -0.25) is 14.4 Å². The van der Waals surface area contributed by atoms with E-state index in [1.165, 1.54) is 63.9 Å². The molecule has 2 amide bonds. The Morgan fingerprint density at radius 1 is 0.886 bits per heavy atom. The molecule has 244 valence electrons.